The van der Waals surface area contributed by atoms with E-state index < -0.39 is 5.97 Å². The van der Waals surface area contributed by atoms with Gasteiger partial charge in [-0.25, -0.2) is 0 Å². The molecule has 1 N–H and O–H groups in total. The smallest absolute Gasteiger partial charge is 0.306 e. The second-order valence-corrected chi connectivity index (χ2v) is 4.23. The van der Waals surface area contributed by atoms with E-state index in [1.54, 1.807) is 6.07 Å². The molecule has 0 heterocycles. The van der Waals surface area contributed by atoms with Gasteiger partial charge in [0.1, 0.15) is 0 Å². The van der Waals surface area contributed by atoms with Gasteiger partial charge < -0.3 is 5.11 Å². The number of hydrogen-bond acceptors (Lipinski definition) is 2. The van der Waals surface area contributed by atoms with Gasteiger partial charge in [-0.15, -0.1) is 0 Å². The number of carboxylic acid groups (broad SMARTS) is 1. The Kier molecular flexibility index (Phi) is 3.24. The Morgan fingerprint density at radius 1 is 1.47 bits per heavy atom. The summed E-state index contributed by atoms with van der Waals surface area (Å²) in [4.78, 5) is 10.8. The molecular formula is C14H13NO2. The van der Waals surface area contributed by atoms with Crippen molar-refractivity contribution in [2.75, 3.05) is 0 Å². The van der Waals surface area contributed by atoms with Crippen molar-refractivity contribution in [1.82, 2.24) is 0 Å². The van der Waals surface area contributed by atoms with Gasteiger partial charge in [0.05, 0.1) is 17.6 Å². The summed E-state index contributed by atoms with van der Waals surface area (Å²) in [7, 11) is 0. The van der Waals surface area contributed by atoms with Gasteiger partial charge in [0, 0.05) is 0 Å². The molecule has 2 rings (SSSR count). The molecule has 0 unspecified atom stereocenters. The highest BCUT2D eigenvalue weighted by atomic mass is 16.4. The Morgan fingerprint density at radius 3 is 2.88 bits per heavy atom. The molecular weight excluding hydrogens is 214 g/mol. The second kappa shape index (κ2) is 4.84. The van der Waals surface area contributed by atoms with Gasteiger partial charge >= 0.3 is 5.97 Å². The SMILES string of the molecule is N#Cc1cccc(C2=CC[C@@H](C(=O)O)CC2)c1. The van der Waals surface area contributed by atoms with E-state index in [0.717, 1.165) is 17.6 Å². The number of allylic oxidation sites excluding steroid dienone is 2. The predicted octanol–water partition coefficient (Wildman–Crippen LogP) is 2.83. The van der Waals surface area contributed by atoms with Gasteiger partial charge in [0.15, 0.2) is 0 Å². The second-order valence-electron chi connectivity index (χ2n) is 4.23. The number of carbonyl (C=O) groups is 1. The zero-order valence-corrected chi connectivity index (χ0v) is 9.39. The minimum Gasteiger partial charge on any atom is -0.481 e. The van der Waals surface area contributed by atoms with Crippen molar-refractivity contribution in [3.05, 3.63) is 41.5 Å². The van der Waals surface area contributed by atoms with Crippen LogP contribution in [0.4, 0.5) is 0 Å². The van der Waals surface area contributed by atoms with Crippen LogP contribution in [-0.4, -0.2) is 11.1 Å². The van der Waals surface area contributed by atoms with Crippen LogP contribution in [0.3, 0.4) is 0 Å². The molecule has 17 heavy (non-hydrogen) atoms. The lowest BCUT2D eigenvalue weighted by molar-refractivity contribution is -0.141. The monoisotopic (exact) mass is 227 g/mol. The molecule has 1 aliphatic rings. The minimum atomic E-state index is -0.717. The third-order valence-corrected chi connectivity index (χ3v) is 3.12. The first kappa shape index (κ1) is 11.4. The van der Waals surface area contributed by atoms with E-state index in [9.17, 15) is 4.79 Å². The standard InChI is InChI=1S/C14H13NO2/c15-9-10-2-1-3-13(8-10)11-4-6-12(7-5-11)14(16)17/h1-4,8,12H,5-7H2,(H,16,17)/t12-/m1/s1. The topological polar surface area (TPSA) is 61.1 Å². The largest absolute Gasteiger partial charge is 0.481 e. The zero-order valence-electron chi connectivity index (χ0n) is 9.39. The summed E-state index contributed by atoms with van der Waals surface area (Å²) >= 11 is 0. The van der Waals surface area contributed by atoms with Crippen molar-refractivity contribution < 1.29 is 9.90 Å². The van der Waals surface area contributed by atoms with Crippen LogP contribution in [0.2, 0.25) is 0 Å². The minimum absolute atomic E-state index is 0.252. The highest BCUT2D eigenvalue weighted by molar-refractivity contribution is 5.74. The maximum absolute atomic E-state index is 10.8. The average Bonchev–Trinajstić information content (AvgIpc) is 2.39. The quantitative estimate of drug-likeness (QED) is 0.845. The number of aliphatic carboxylic acids is 1. The highest BCUT2D eigenvalue weighted by Crippen LogP contribution is 2.30. The van der Waals surface area contributed by atoms with E-state index in [0.29, 0.717) is 18.4 Å². The Hall–Kier alpha value is -2.08. The lowest BCUT2D eigenvalue weighted by atomic mass is 9.86. The first-order valence-electron chi connectivity index (χ1n) is 5.63. The molecule has 0 radical (unpaired) electrons. The van der Waals surface area contributed by atoms with Crippen LogP contribution in [0, 0.1) is 17.2 Å². The molecule has 0 aromatic heterocycles. The van der Waals surface area contributed by atoms with Crippen LogP contribution in [0.15, 0.2) is 30.3 Å². The van der Waals surface area contributed by atoms with Crippen LogP contribution in [-0.2, 0) is 4.79 Å². The molecule has 1 aliphatic carbocycles. The molecule has 1 aromatic rings. The number of rotatable bonds is 2. The molecule has 1 atom stereocenters. The number of nitriles is 1. The number of hydrogen-bond donors (Lipinski definition) is 1. The fraction of sp³-hybridized carbons (Fsp3) is 0.286. The lowest BCUT2D eigenvalue weighted by Crippen LogP contribution is -2.15. The summed E-state index contributed by atoms with van der Waals surface area (Å²) < 4.78 is 0. The molecule has 0 bridgehead atoms. The lowest BCUT2D eigenvalue weighted by Gasteiger charge is -2.18. The summed E-state index contributed by atoms with van der Waals surface area (Å²) in [5, 5.41) is 17.7. The fourth-order valence-corrected chi connectivity index (χ4v) is 2.11. The van der Waals surface area contributed by atoms with Gasteiger partial charge in [0.25, 0.3) is 0 Å². The van der Waals surface area contributed by atoms with Crippen molar-refractivity contribution in [2.45, 2.75) is 19.3 Å². The van der Waals surface area contributed by atoms with Gasteiger partial charge in [-0.1, -0.05) is 18.2 Å². The van der Waals surface area contributed by atoms with Gasteiger partial charge in [-0.3, -0.25) is 4.79 Å². The van der Waals surface area contributed by atoms with E-state index in [4.69, 9.17) is 10.4 Å². The Labute approximate surface area is 100 Å². The molecule has 0 spiro atoms. The summed E-state index contributed by atoms with van der Waals surface area (Å²) in [6, 6.07) is 9.56. The Balaban J connectivity index is 2.19. The van der Waals surface area contributed by atoms with Crippen LogP contribution in [0.25, 0.3) is 5.57 Å². The van der Waals surface area contributed by atoms with Crippen LogP contribution in [0.5, 0.6) is 0 Å². The summed E-state index contributed by atoms with van der Waals surface area (Å²) in [6.45, 7) is 0. The average molecular weight is 227 g/mol. The first-order valence-corrected chi connectivity index (χ1v) is 5.63. The number of nitrogens with zero attached hydrogens (tertiary/aromatic N) is 1. The van der Waals surface area contributed by atoms with Crippen molar-refractivity contribution >= 4 is 11.5 Å². The summed E-state index contributed by atoms with van der Waals surface area (Å²) in [5.74, 6) is -0.969. The fourth-order valence-electron chi connectivity index (χ4n) is 2.11. The van der Waals surface area contributed by atoms with Crippen molar-refractivity contribution in [3.63, 3.8) is 0 Å². The maximum Gasteiger partial charge on any atom is 0.306 e. The Morgan fingerprint density at radius 2 is 2.29 bits per heavy atom. The highest BCUT2D eigenvalue weighted by Gasteiger charge is 2.21. The third kappa shape index (κ3) is 2.54. The third-order valence-electron chi connectivity index (χ3n) is 3.12. The normalized spacial score (nSPS) is 19.2. The van der Waals surface area contributed by atoms with Gasteiger partial charge in [-0.2, -0.15) is 5.26 Å². The van der Waals surface area contributed by atoms with Gasteiger partial charge in [-0.05, 0) is 42.5 Å². The molecule has 3 nitrogen and oxygen atoms in total. The predicted molar refractivity (Wildman–Crippen MR) is 64.1 cm³/mol. The van der Waals surface area contributed by atoms with Crippen LogP contribution >= 0.6 is 0 Å². The zero-order chi connectivity index (χ0) is 12.3. The molecule has 86 valence electrons. The van der Waals surface area contributed by atoms with E-state index in [-0.39, 0.29) is 5.92 Å². The molecule has 1 aromatic carbocycles. The Bertz CT molecular complexity index is 511. The van der Waals surface area contributed by atoms with Gasteiger partial charge in [0.2, 0.25) is 0 Å². The molecule has 0 saturated carbocycles. The summed E-state index contributed by atoms with van der Waals surface area (Å²) in [6.07, 6.45) is 4.02. The van der Waals surface area contributed by atoms with Crippen LogP contribution < -0.4 is 0 Å². The first-order chi connectivity index (χ1) is 8.20. The number of benzene rings is 1. The molecule has 0 aliphatic heterocycles. The van der Waals surface area contributed by atoms with E-state index in [2.05, 4.69) is 6.07 Å². The molecule has 3 heteroatoms. The summed E-state index contributed by atoms with van der Waals surface area (Å²) in [5.41, 5.74) is 2.83. The van der Waals surface area contributed by atoms with Crippen molar-refractivity contribution in [2.24, 2.45) is 5.92 Å². The van der Waals surface area contributed by atoms with E-state index in [1.807, 2.05) is 24.3 Å². The molecule has 0 amide bonds. The van der Waals surface area contributed by atoms with Crippen molar-refractivity contribution in [3.8, 4) is 6.07 Å². The van der Waals surface area contributed by atoms with Crippen LogP contribution in [0.1, 0.15) is 30.4 Å². The number of carboxylic acids is 1. The molecule has 0 saturated heterocycles. The maximum atomic E-state index is 10.8. The molecule has 0 fully saturated rings. The van der Waals surface area contributed by atoms with Crippen molar-refractivity contribution in [1.29, 1.82) is 5.26 Å². The van der Waals surface area contributed by atoms with E-state index >= 15 is 0 Å². The van der Waals surface area contributed by atoms with E-state index in [1.165, 1.54) is 0 Å².